The Hall–Kier alpha value is -1.61. The number of rotatable bonds is 12. The fraction of sp³-hybridized carbons (Fsp3) is 0.714. The van der Waals surface area contributed by atoms with Gasteiger partial charge in [-0.2, -0.15) is 0 Å². The second kappa shape index (κ2) is 11.0. The van der Waals surface area contributed by atoms with Crippen LogP contribution in [-0.2, 0) is 19.2 Å². The quantitative estimate of drug-likeness (QED) is 0.233. The van der Waals surface area contributed by atoms with Crippen molar-refractivity contribution in [3.8, 4) is 0 Å². The average molecular weight is 344 g/mol. The van der Waals surface area contributed by atoms with Crippen molar-refractivity contribution in [2.24, 2.45) is 5.73 Å². The Morgan fingerprint density at radius 1 is 1.30 bits per heavy atom. The number of carbonyl (C=O) groups is 4. The van der Waals surface area contributed by atoms with Gasteiger partial charge in [-0.05, 0) is 19.4 Å². The van der Waals surface area contributed by atoms with E-state index in [1.807, 2.05) is 0 Å². The lowest BCUT2D eigenvalue weighted by molar-refractivity contribution is -0.138. The molecule has 1 fully saturated rings. The van der Waals surface area contributed by atoms with Crippen molar-refractivity contribution in [1.82, 2.24) is 15.5 Å². The lowest BCUT2D eigenvalue weighted by Gasteiger charge is -2.14. The van der Waals surface area contributed by atoms with Crippen LogP contribution >= 0.6 is 11.8 Å². The predicted octanol–water partition coefficient (Wildman–Crippen LogP) is -1.16. The van der Waals surface area contributed by atoms with E-state index < -0.39 is 5.25 Å². The van der Waals surface area contributed by atoms with E-state index in [0.29, 0.717) is 19.5 Å². The van der Waals surface area contributed by atoms with Crippen molar-refractivity contribution in [3.63, 3.8) is 0 Å². The highest BCUT2D eigenvalue weighted by Crippen LogP contribution is 2.24. The number of imide groups is 1. The molecule has 23 heavy (non-hydrogen) atoms. The summed E-state index contributed by atoms with van der Waals surface area (Å²) in [5.74, 6) is -0.531. The summed E-state index contributed by atoms with van der Waals surface area (Å²) in [5, 5.41) is 4.69. The third-order valence-electron chi connectivity index (χ3n) is 3.38. The second-order valence-electron chi connectivity index (χ2n) is 5.16. The van der Waals surface area contributed by atoms with Crippen molar-refractivity contribution in [2.45, 2.75) is 30.9 Å². The minimum absolute atomic E-state index is 0.106. The summed E-state index contributed by atoms with van der Waals surface area (Å²) in [6.07, 6.45) is 3.43. The Kier molecular flexibility index (Phi) is 9.30. The topological polar surface area (TPSA) is 122 Å². The summed E-state index contributed by atoms with van der Waals surface area (Å²) in [5.41, 5.74) is 5.39. The van der Waals surface area contributed by atoms with E-state index >= 15 is 0 Å². The van der Waals surface area contributed by atoms with Gasteiger partial charge in [-0.3, -0.25) is 24.1 Å². The first kappa shape index (κ1) is 19.4. The zero-order valence-electron chi connectivity index (χ0n) is 13.1. The van der Waals surface area contributed by atoms with Gasteiger partial charge in [-0.15, -0.1) is 11.8 Å². The molecule has 1 rings (SSSR count). The van der Waals surface area contributed by atoms with Crippen molar-refractivity contribution in [3.05, 3.63) is 0 Å². The van der Waals surface area contributed by atoms with Crippen LogP contribution in [0.4, 0.5) is 0 Å². The first-order valence-corrected chi connectivity index (χ1v) is 8.74. The highest BCUT2D eigenvalue weighted by Gasteiger charge is 2.38. The highest BCUT2D eigenvalue weighted by atomic mass is 32.2. The molecule has 1 atom stereocenters. The smallest absolute Gasteiger partial charge is 0.242 e. The predicted molar refractivity (Wildman–Crippen MR) is 87.6 cm³/mol. The van der Waals surface area contributed by atoms with Crippen LogP contribution in [0.1, 0.15) is 25.7 Å². The Labute approximate surface area is 139 Å². The van der Waals surface area contributed by atoms with Gasteiger partial charge in [0, 0.05) is 26.1 Å². The number of amides is 4. The van der Waals surface area contributed by atoms with Crippen molar-refractivity contribution < 1.29 is 19.2 Å². The summed E-state index contributed by atoms with van der Waals surface area (Å²) in [4.78, 5) is 46.9. The molecular formula is C14H24N4O4S. The lowest BCUT2D eigenvalue weighted by Crippen LogP contribution is -2.37. The average Bonchev–Trinajstić information content (AvgIpc) is 2.80. The third-order valence-corrected chi connectivity index (χ3v) is 4.58. The van der Waals surface area contributed by atoms with Gasteiger partial charge in [-0.1, -0.05) is 6.42 Å². The van der Waals surface area contributed by atoms with Crippen LogP contribution < -0.4 is 16.4 Å². The standard InChI is InChI=1S/C14H24N4O4S/c15-4-2-1-3-5-17-12(20)9-23-11-8-13(21)18(14(11)22)7-6-16-10-19/h10-11H,1-9,15H2,(H,16,19)(H,17,20). The number of hydrogen-bond donors (Lipinski definition) is 3. The maximum atomic E-state index is 12.1. The molecule has 0 radical (unpaired) electrons. The summed E-state index contributed by atoms with van der Waals surface area (Å²) >= 11 is 1.18. The minimum atomic E-state index is -0.512. The molecule has 0 aromatic heterocycles. The normalized spacial score (nSPS) is 17.4. The summed E-state index contributed by atoms with van der Waals surface area (Å²) < 4.78 is 0. The number of nitrogens with one attached hydrogen (secondary N) is 2. The fourth-order valence-electron chi connectivity index (χ4n) is 2.15. The molecule has 130 valence electrons. The first-order valence-electron chi connectivity index (χ1n) is 7.69. The molecule has 4 N–H and O–H groups in total. The number of nitrogens with two attached hydrogens (primary N) is 1. The molecule has 4 amide bonds. The van der Waals surface area contributed by atoms with Crippen LogP contribution in [0.5, 0.6) is 0 Å². The number of thioether (sulfide) groups is 1. The van der Waals surface area contributed by atoms with Gasteiger partial charge < -0.3 is 16.4 Å². The monoisotopic (exact) mass is 344 g/mol. The first-order chi connectivity index (χ1) is 11.1. The molecule has 0 spiro atoms. The fourth-order valence-corrected chi connectivity index (χ4v) is 3.14. The number of unbranched alkanes of at least 4 members (excludes halogenated alkanes) is 2. The van der Waals surface area contributed by atoms with Gasteiger partial charge in [0.15, 0.2) is 0 Å². The molecule has 1 aliphatic rings. The van der Waals surface area contributed by atoms with Crippen LogP contribution in [0.2, 0.25) is 0 Å². The zero-order chi connectivity index (χ0) is 17.1. The van der Waals surface area contributed by atoms with Crippen LogP contribution in [0.15, 0.2) is 0 Å². The number of nitrogens with zero attached hydrogens (tertiary/aromatic N) is 1. The van der Waals surface area contributed by atoms with Crippen LogP contribution in [0.3, 0.4) is 0 Å². The van der Waals surface area contributed by atoms with Crippen LogP contribution in [0, 0.1) is 0 Å². The Balaban J connectivity index is 2.24. The van der Waals surface area contributed by atoms with Crippen molar-refractivity contribution in [1.29, 1.82) is 0 Å². The summed E-state index contributed by atoms with van der Waals surface area (Å²) in [6.45, 7) is 1.66. The molecule has 1 unspecified atom stereocenters. The molecule has 0 saturated carbocycles. The van der Waals surface area contributed by atoms with E-state index in [1.54, 1.807) is 0 Å². The number of likely N-dealkylation sites (tertiary alicyclic amines) is 1. The van der Waals surface area contributed by atoms with Gasteiger partial charge in [0.1, 0.15) is 0 Å². The third kappa shape index (κ3) is 7.00. The summed E-state index contributed by atoms with van der Waals surface area (Å²) in [7, 11) is 0. The molecule has 0 aromatic carbocycles. The molecule has 1 saturated heterocycles. The van der Waals surface area contributed by atoms with Gasteiger partial charge in [0.05, 0.1) is 11.0 Å². The molecule has 0 aliphatic carbocycles. The lowest BCUT2D eigenvalue weighted by atomic mass is 10.2. The maximum absolute atomic E-state index is 12.1. The van der Waals surface area contributed by atoms with E-state index in [4.69, 9.17) is 5.73 Å². The maximum Gasteiger partial charge on any atom is 0.242 e. The van der Waals surface area contributed by atoms with Gasteiger partial charge in [-0.25, -0.2) is 0 Å². The summed E-state index contributed by atoms with van der Waals surface area (Å²) in [6, 6.07) is 0. The Morgan fingerprint density at radius 3 is 2.78 bits per heavy atom. The van der Waals surface area contributed by atoms with E-state index in [2.05, 4.69) is 10.6 Å². The van der Waals surface area contributed by atoms with E-state index in [0.717, 1.165) is 24.2 Å². The molecule has 9 heteroatoms. The number of carbonyl (C=O) groups excluding carboxylic acids is 4. The molecule has 1 heterocycles. The molecule has 0 aromatic rings. The molecular weight excluding hydrogens is 320 g/mol. The van der Waals surface area contributed by atoms with Gasteiger partial charge in [0.2, 0.25) is 24.1 Å². The van der Waals surface area contributed by atoms with Gasteiger partial charge in [0.25, 0.3) is 0 Å². The van der Waals surface area contributed by atoms with Gasteiger partial charge >= 0.3 is 0 Å². The minimum Gasteiger partial charge on any atom is -0.357 e. The zero-order valence-corrected chi connectivity index (χ0v) is 13.9. The SMILES string of the molecule is NCCCCCNC(=O)CSC1CC(=O)N(CCNC=O)C1=O. The van der Waals surface area contributed by atoms with E-state index in [1.165, 1.54) is 11.8 Å². The largest absolute Gasteiger partial charge is 0.357 e. The van der Waals surface area contributed by atoms with E-state index in [-0.39, 0.29) is 43.0 Å². The second-order valence-corrected chi connectivity index (χ2v) is 6.35. The van der Waals surface area contributed by atoms with Crippen LogP contribution in [0.25, 0.3) is 0 Å². The Bertz CT molecular complexity index is 433. The molecule has 8 nitrogen and oxygen atoms in total. The molecule has 0 bridgehead atoms. The molecule has 1 aliphatic heterocycles. The van der Waals surface area contributed by atoms with E-state index in [9.17, 15) is 19.2 Å². The van der Waals surface area contributed by atoms with Crippen molar-refractivity contribution >= 4 is 35.9 Å². The highest BCUT2D eigenvalue weighted by molar-refractivity contribution is 8.01. The Morgan fingerprint density at radius 2 is 2.09 bits per heavy atom. The van der Waals surface area contributed by atoms with Crippen molar-refractivity contribution in [2.75, 3.05) is 31.9 Å². The number of hydrogen-bond acceptors (Lipinski definition) is 6. The van der Waals surface area contributed by atoms with Crippen LogP contribution in [-0.4, -0.2) is 66.2 Å².